The number of quaternary nitrogens is 1. The van der Waals surface area contributed by atoms with E-state index in [0.717, 1.165) is 28.7 Å². The number of amides is 1. The highest BCUT2D eigenvalue weighted by Gasteiger charge is 2.14. The molecular formula is C22H26N3O+. The summed E-state index contributed by atoms with van der Waals surface area (Å²) >= 11 is 0. The second kappa shape index (κ2) is 7.67. The molecule has 1 heterocycles. The van der Waals surface area contributed by atoms with E-state index in [-0.39, 0.29) is 5.91 Å². The van der Waals surface area contributed by atoms with Gasteiger partial charge in [0.15, 0.2) is 0 Å². The summed E-state index contributed by atoms with van der Waals surface area (Å²) in [6, 6.07) is 16.0. The number of pyridine rings is 1. The Hall–Kier alpha value is -2.72. The molecule has 1 aromatic heterocycles. The van der Waals surface area contributed by atoms with E-state index in [2.05, 4.69) is 51.5 Å². The number of rotatable bonds is 5. The number of carbonyl (C=O) groups excluding carboxylic acids is 1. The third-order valence-corrected chi connectivity index (χ3v) is 4.67. The molecule has 0 saturated heterocycles. The average Bonchev–Trinajstić information content (AvgIpc) is 2.62. The van der Waals surface area contributed by atoms with Gasteiger partial charge in [0.25, 0.3) is 5.91 Å². The van der Waals surface area contributed by atoms with Crippen LogP contribution in [0.2, 0.25) is 0 Å². The standard InChI is InChI=1S/C22H25N3O/c1-15-9-10-17(13-16(15)2)21-14-19(22(26)23-11-12-25(3)4)18-7-5-6-8-20(18)24-21/h5-10,13-14H,11-12H2,1-4H3,(H,23,26)/p+1. The van der Waals surface area contributed by atoms with E-state index in [1.807, 2.05) is 30.3 Å². The van der Waals surface area contributed by atoms with Gasteiger partial charge in [0, 0.05) is 10.9 Å². The SMILES string of the molecule is Cc1ccc(-c2cc(C(=O)NCC[NH+](C)C)c3ccccc3n2)cc1C. The summed E-state index contributed by atoms with van der Waals surface area (Å²) in [5.41, 5.74) is 5.85. The van der Waals surface area contributed by atoms with E-state index in [9.17, 15) is 4.79 Å². The van der Waals surface area contributed by atoms with E-state index < -0.39 is 0 Å². The van der Waals surface area contributed by atoms with Gasteiger partial charge in [-0.05, 0) is 43.2 Å². The quantitative estimate of drug-likeness (QED) is 0.744. The van der Waals surface area contributed by atoms with Crippen LogP contribution in [0.3, 0.4) is 0 Å². The molecule has 4 nitrogen and oxygen atoms in total. The molecule has 0 bridgehead atoms. The number of aromatic nitrogens is 1. The highest BCUT2D eigenvalue weighted by Crippen LogP contribution is 2.26. The summed E-state index contributed by atoms with van der Waals surface area (Å²) in [5, 5.41) is 3.92. The molecule has 0 aliphatic carbocycles. The summed E-state index contributed by atoms with van der Waals surface area (Å²) in [5.74, 6) is -0.0464. The van der Waals surface area contributed by atoms with Gasteiger partial charge in [0.1, 0.15) is 0 Å². The van der Waals surface area contributed by atoms with Crippen molar-refractivity contribution in [1.29, 1.82) is 0 Å². The third kappa shape index (κ3) is 3.92. The zero-order valence-corrected chi connectivity index (χ0v) is 15.9. The van der Waals surface area contributed by atoms with Crippen LogP contribution in [0, 0.1) is 13.8 Å². The fourth-order valence-electron chi connectivity index (χ4n) is 2.93. The fraction of sp³-hybridized carbons (Fsp3) is 0.273. The molecule has 0 aliphatic heterocycles. The number of hydrogen-bond acceptors (Lipinski definition) is 2. The van der Waals surface area contributed by atoms with Gasteiger partial charge in [-0.2, -0.15) is 0 Å². The first-order valence-corrected chi connectivity index (χ1v) is 9.00. The summed E-state index contributed by atoms with van der Waals surface area (Å²) in [4.78, 5) is 18.9. The number of benzene rings is 2. The molecule has 1 amide bonds. The highest BCUT2D eigenvalue weighted by molar-refractivity contribution is 6.07. The molecule has 0 spiro atoms. The van der Waals surface area contributed by atoms with E-state index in [0.29, 0.717) is 12.1 Å². The van der Waals surface area contributed by atoms with Crippen molar-refractivity contribution < 1.29 is 9.69 Å². The van der Waals surface area contributed by atoms with Crippen molar-refractivity contribution in [2.45, 2.75) is 13.8 Å². The van der Waals surface area contributed by atoms with Crippen molar-refractivity contribution in [2.75, 3.05) is 27.2 Å². The fourth-order valence-corrected chi connectivity index (χ4v) is 2.93. The number of nitrogens with one attached hydrogen (secondary N) is 2. The predicted octanol–water partition coefficient (Wildman–Crippen LogP) is 2.39. The van der Waals surface area contributed by atoms with Crippen LogP contribution in [0.15, 0.2) is 48.5 Å². The lowest BCUT2D eigenvalue weighted by Crippen LogP contribution is -3.06. The van der Waals surface area contributed by atoms with Crippen LogP contribution in [-0.4, -0.2) is 38.1 Å². The zero-order chi connectivity index (χ0) is 18.7. The van der Waals surface area contributed by atoms with Crippen LogP contribution in [0.1, 0.15) is 21.5 Å². The first kappa shape index (κ1) is 18.1. The first-order chi connectivity index (χ1) is 12.5. The lowest BCUT2D eigenvalue weighted by molar-refractivity contribution is -0.856. The summed E-state index contributed by atoms with van der Waals surface area (Å²) < 4.78 is 0. The molecule has 3 aromatic rings. The Bertz CT molecular complexity index is 947. The molecule has 2 N–H and O–H groups in total. The third-order valence-electron chi connectivity index (χ3n) is 4.67. The Morgan fingerprint density at radius 1 is 1.04 bits per heavy atom. The Morgan fingerprint density at radius 2 is 1.81 bits per heavy atom. The maximum atomic E-state index is 12.8. The van der Waals surface area contributed by atoms with Crippen LogP contribution in [0.25, 0.3) is 22.2 Å². The van der Waals surface area contributed by atoms with Gasteiger partial charge in [-0.3, -0.25) is 4.79 Å². The van der Waals surface area contributed by atoms with Gasteiger partial charge in [-0.25, -0.2) is 4.98 Å². The van der Waals surface area contributed by atoms with E-state index >= 15 is 0 Å². The number of aryl methyl sites for hydroxylation is 2. The molecule has 134 valence electrons. The minimum atomic E-state index is -0.0464. The number of para-hydroxylation sites is 1. The lowest BCUT2D eigenvalue weighted by atomic mass is 10.0. The number of fused-ring (bicyclic) bond motifs is 1. The van der Waals surface area contributed by atoms with Crippen LogP contribution in [-0.2, 0) is 0 Å². The maximum absolute atomic E-state index is 12.8. The second-order valence-electron chi connectivity index (χ2n) is 7.08. The Kier molecular flexibility index (Phi) is 5.33. The summed E-state index contributed by atoms with van der Waals surface area (Å²) in [6.07, 6.45) is 0. The highest BCUT2D eigenvalue weighted by atomic mass is 16.1. The summed E-state index contributed by atoms with van der Waals surface area (Å²) in [7, 11) is 4.15. The van der Waals surface area contributed by atoms with Crippen LogP contribution >= 0.6 is 0 Å². The lowest BCUT2D eigenvalue weighted by Gasteiger charge is -2.12. The molecule has 0 atom stereocenters. The molecule has 0 unspecified atom stereocenters. The molecule has 2 aromatic carbocycles. The van der Waals surface area contributed by atoms with E-state index in [4.69, 9.17) is 4.98 Å². The van der Waals surface area contributed by atoms with Gasteiger partial charge in [0.05, 0.1) is 44.0 Å². The molecule has 0 aliphatic rings. The van der Waals surface area contributed by atoms with Gasteiger partial charge in [0.2, 0.25) is 0 Å². The van der Waals surface area contributed by atoms with Gasteiger partial charge < -0.3 is 10.2 Å². The van der Waals surface area contributed by atoms with E-state index in [1.165, 1.54) is 16.0 Å². The topological polar surface area (TPSA) is 46.4 Å². The smallest absolute Gasteiger partial charge is 0.252 e. The second-order valence-corrected chi connectivity index (χ2v) is 7.08. The normalized spacial score (nSPS) is 11.1. The monoisotopic (exact) mass is 348 g/mol. The Balaban J connectivity index is 2.03. The Labute approximate surface area is 154 Å². The minimum Gasteiger partial charge on any atom is -0.346 e. The van der Waals surface area contributed by atoms with Gasteiger partial charge in [-0.15, -0.1) is 0 Å². The summed E-state index contributed by atoms with van der Waals surface area (Å²) in [6.45, 7) is 5.73. The maximum Gasteiger partial charge on any atom is 0.252 e. The molecule has 4 heteroatoms. The molecule has 0 fully saturated rings. The van der Waals surface area contributed by atoms with Crippen LogP contribution < -0.4 is 10.2 Å². The average molecular weight is 348 g/mol. The predicted molar refractivity (Wildman–Crippen MR) is 107 cm³/mol. The minimum absolute atomic E-state index is 0.0464. The molecule has 26 heavy (non-hydrogen) atoms. The van der Waals surface area contributed by atoms with Gasteiger partial charge >= 0.3 is 0 Å². The van der Waals surface area contributed by atoms with Crippen molar-refractivity contribution in [3.8, 4) is 11.3 Å². The zero-order valence-electron chi connectivity index (χ0n) is 15.9. The number of nitrogens with zero attached hydrogens (tertiary/aromatic N) is 1. The van der Waals surface area contributed by atoms with Crippen molar-refractivity contribution in [1.82, 2.24) is 10.3 Å². The van der Waals surface area contributed by atoms with Crippen LogP contribution in [0.4, 0.5) is 0 Å². The largest absolute Gasteiger partial charge is 0.346 e. The number of likely N-dealkylation sites (N-methyl/N-ethyl adjacent to an activating group) is 1. The number of hydrogen-bond donors (Lipinski definition) is 2. The molecule has 3 rings (SSSR count). The van der Waals surface area contributed by atoms with Crippen molar-refractivity contribution >= 4 is 16.8 Å². The number of carbonyl (C=O) groups is 1. The van der Waals surface area contributed by atoms with Crippen molar-refractivity contribution in [3.05, 3.63) is 65.2 Å². The van der Waals surface area contributed by atoms with Gasteiger partial charge in [-0.1, -0.05) is 30.3 Å². The molecular weight excluding hydrogens is 322 g/mol. The molecule has 0 radical (unpaired) electrons. The van der Waals surface area contributed by atoms with E-state index in [1.54, 1.807) is 0 Å². The first-order valence-electron chi connectivity index (χ1n) is 9.00. The van der Waals surface area contributed by atoms with Crippen molar-refractivity contribution in [2.24, 2.45) is 0 Å². The van der Waals surface area contributed by atoms with Crippen LogP contribution in [0.5, 0.6) is 0 Å². The van der Waals surface area contributed by atoms with Crippen molar-refractivity contribution in [3.63, 3.8) is 0 Å². The molecule has 0 saturated carbocycles. The Morgan fingerprint density at radius 3 is 2.54 bits per heavy atom.